The Hall–Kier alpha value is -4.49. The van der Waals surface area contributed by atoms with Crippen LogP contribution in [-0.4, -0.2) is 24.3 Å². The van der Waals surface area contributed by atoms with Crippen molar-refractivity contribution in [2.75, 3.05) is 17.7 Å². The van der Waals surface area contributed by atoms with Gasteiger partial charge in [0.25, 0.3) is 5.91 Å². The summed E-state index contributed by atoms with van der Waals surface area (Å²) in [6.07, 6.45) is 0.698. The fraction of sp³-hybridized carbons (Fsp3) is 0.194. The van der Waals surface area contributed by atoms with E-state index in [0.29, 0.717) is 41.2 Å². The van der Waals surface area contributed by atoms with Gasteiger partial charge in [-0.3, -0.25) is 4.79 Å². The van der Waals surface area contributed by atoms with Crippen LogP contribution >= 0.6 is 0 Å². The minimum atomic E-state index is -0.806. The molecular formula is C31H32N4O3. The normalized spacial score (nSPS) is 11.5. The quantitative estimate of drug-likeness (QED) is 0.249. The number of nitrogens with zero attached hydrogens (tertiary/aromatic N) is 1. The molecule has 7 nitrogen and oxygen atoms in total. The molecule has 7 heteroatoms. The molecule has 0 spiro atoms. The van der Waals surface area contributed by atoms with Crippen molar-refractivity contribution in [3.63, 3.8) is 0 Å². The number of ether oxygens (including phenoxy) is 1. The van der Waals surface area contributed by atoms with Gasteiger partial charge in [-0.05, 0) is 74.4 Å². The lowest BCUT2D eigenvalue weighted by Crippen LogP contribution is -2.16. The highest BCUT2D eigenvalue weighted by atomic mass is 16.5. The summed E-state index contributed by atoms with van der Waals surface area (Å²) in [6, 6.07) is 22.1. The van der Waals surface area contributed by atoms with E-state index in [1.165, 1.54) is 0 Å². The lowest BCUT2D eigenvalue weighted by Gasteiger charge is -2.16. The summed E-state index contributed by atoms with van der Waals surface area (Å²) in [6.45, 7) is 6.42. The first kappa shape index (κ1) is 26.6. The molecule has 0 fully saturated rings. The molecule has 1 aromatic heterocycles. The summed E-state index contributed by atoms with van der Waals surface area (Å²) < 4.78 is 5.23. The van der Waals surface area contributed by atoms with E-state index in [9.17, 15) is 9.59 Å². The zero-order valence-corrected chi connectivity index (χ0v) is 22.0. The van der Waals surface area contributed by atoms with E-state index in [1.54, 1.807) is 7.11 Å². The van der Waals surface area contributed by atoms with Crippen LogP contribution in [0, 0.1) is 20.8 Å². The maximum atomic E-state index is 12.9. The smallest absolute Gasteiger partial charge is 0.255 e. The van der Waals surface area contributed by atoms with E-state index in [2.05, 4.69) is 10.6 Å². The predicted molar refractivity (Wildman–Crippen MR) is 152 cm³/mol. The number of amides is 1. The van der Waals surface area contributed by atoms with Gasteiger partial charge in [-0.15, -0.1) is 0 Å². The molecule has 0 saturated heterocycles. The lowest BCUT2D eigenvalue weighted by atomic mass is 10.0. The summed E-state index contributed by atoms with van der Waals surface area (Å²) in [7, 11) is 1.63. The van der Waals surface area contributed by atoms with Gasteiger partial charge in [0.1, 0.15) is 17.9 Å². The van der Waals surface area contributed by atoms with E-state index >= 15 is 0 Å². The van der Waals surface area contributed by atoms with Gasteiger partial charge in [0, 0.05) is 28.9 Å². The van der Waals surface area contributed by atoms with Crippen LogP contribution in [0.25, 0.3) is 11.3 Å². The molecule has 194 valence electrons. The fourth-order valence-electron chi connectivity index (χ4n) is 4.32. The molecule has 1 unspecified atom stereocenters. The maximum Gasteiger partial charge on any atom is 0.255 e. The van der Waals surface area contributed by atoms with Crippen molar-refractivity contribution in [2.24, 2.45) is 5.73 Å². The molecule has 0 bridgehead atoms. The molecular weight excluding hydrogens is 476 g/mol. The first-order chi connectivity index (χ1) is 18.3. The molecule has 3 aromatic carbocycles. The second kappa shape index (κ2) is 11.7. The maximum absolute atomic E-state index is 12.9. The van der Waals surface area contributed by atoms with Gasteiger partial charge in [0.15, 0.2) is 0 Å². The van der Waals surface area contributed by atoms with Crippen LogP contribution in [0.1, 0.15) is 44.2 Å². The number of pyridine rings is 1. The van der Waals surface area contributed by atoms with Crippen LogP contribution in [-0.2, 0) is 11.3 Å². The second-order valence-electron chi connectivity index (χ2n) is 9.36. The van der Waals surface area contributed by atoms with E-state index in [-0.39, 0.29) is 5.91 Å². The number of carbonyl (C=O) groups excluding carboxylic acids is 2. The third-order valence-corrected chi connectivity index (χ3v) is 6.31. The van der Waals surface area contributed by atoms with Gasteiger partial charge in [-0.25, -0.2) is 4.98 Å². The minimum absolute atomic E-state index is 0.172. The molecule has 0 saturated carbocycles. The Morgan fingerprint density at radius 3 is 2.34 bits per heavy atom. The molecule has 0 aliphatic carbocycles. The fourth-order valence-corrected chi connectivity index (χ4v) is 4.32. The van der Waals surface area contributed by atoms with Crippen LogP contribution in [0.2, 0.25) is 0 Å². The van der Waals surface area contributed by atoms with Gasteiger partial charge in [0.05, 0.1) is 18.8 Å². The number of anilines is 2. The van der Waals surface area contributed by atoms with Crippen LogP contribution in [0.15, 0.2) is 72.8 Å². The molecule has 0 aliphatic heterocycles. The number of aryl methyl sites for hydroxylation is 3. The molecule has 4 N–H and O–H groups in total. The summed E-state index contributed by atoms with van der Waals surface area (Å²) in [5.41, 5.74) is 13.6. The zero-order chi connectivity index (χ0) is 27.2. The second-order valence-corrected chi connectivity index (χ2v) is 9.36. The molecule has 1 amide bonds. The number of benzene rings is 3. The van der Waals surface area contributed by atoms with E-state index in [1.807, 2.05) is 93.6 Å². The number of hydrogen-bond acceptors (Lipinski definition) is 6. The van der Waals surface area contributed by atoms with Crippen LogP contribution in [0.4, 0.5) is 11.5 Å². The molecule has 1 atom stereocenters. The summed E-state index contributed by atoms with van der Waals surface area (Å²) in [5.74, 6) is 1.13. The van der Waals surface area contributed by atoms with Crippen molar-refractivity contribution in [3.05, 3.63) is 106 Å². The summed E-state index contributed by atoms with van der Waals surface area (Å²) >= 11 is 0. The topological polar surface area (TPSA) is 106 Å². The molecule has 4 rings (SSSR count). The lowest BCUT2D eigenvalue weighted by molar-refractivity contribution is -0.109. The predicted octanol–water partition coefficient (Wildman–Crippen LogP) is 5.75. The first-order valence-corrected chi connectivity index (χ1v) is 12.4. The molecule has 4 aromatic rings. The number of aromatic nitrogens is 1. The highest BCUT2D eigenvalue weighted by molar-refractivity contribution is 6.04. The third kappa shape index (κ3) is 6.25. The third-order valence-electron chi connectivity index (χ3n) is 6.31. The Kier molecular flexibility index (Phi) is 8.19. The van der Waals surface area contributed by atoms with E-state index in [0.717, 1.165) is 33.6 Å². The number of methoxy groups -OCH3 is 1. The van der Waals surface area contributed by atoms with Crippen LogP contribution < -0.4 is 21.1 Å². The average Bonchev–Trinajstić information content (AvgIpc) is 2.92. The molecule has 1 heterocycles. The first-order valence-electron chi connectivity index (χ1n) is 12.4. The molecule has 38 heavy (non-hydrogen) atoms. The van der Waals surface area contributed by atoms with Gasteiger partial charge in [-0.2, -0.15) is 0 Å². The Bertz CT molecular complexity index is 1440. The standard InChI is InChI=1S/C31H32N4O3/c1-19-13-20(2)15-23(14-19)31(37)34-24-8-5-21(3)27(16-24)29-12-11-26(28(32)18-36)30(35-29)33-17-22-6-9-25(38-4)10-7-22/h5-16,18,28H,17,32H2,1-4H3,(H,33,35)(H,34,37). The molecule has 0 radical (unpaired) electrons. The summed E-state index contributed by atoms with van der Waals surface area (Å²) in [5, 5.41) is 6.33. The SMILES string of the molecule is COc1ccc(CNc2nc(-c3cc(NC(=O)c4cc(C)cc(C)c4)ccc3C)ccc2C(N)C=O)cc1. The Labute approximate surface area is 223 Å². The number of rotatable bonds is 9. The van der Waals surface area contributed by atoms with Gasteiger partial charge >= 0.3 is 0 Å². The van der Waals surface area contributed by atoms with Crippen molar-refractivity contribution in [3.8, 4) is 17.0 Å². The number of hydrogen-bond donors (Lipinski definition) is 3. The van der Waals surface area contributed by atoms with Gasteiger partial charge < -0.3 is 25.9 Å². The Balaban J connectivity index is 1.62. The zero-order valence-electron chi connectivity index (χ0n) is 22.0. The summed E-state index contributed by atoms with van der Waals surface area (Å²) in [4.78, 5) is 29.2. The van der Waals surface area contributed by atoms with Gasteiger partial charge in [0.2, 0.25) is 0 Å². The van der Waals surface area contributed by atoms with Crippen molar-refractivity contribution >= 4 is 23.7 Å². The highest BCUT2D eigenvalue weighted by Crippen LogP contribution is 2.29. The minimum Gasteiger partial charge on any atom is -0.497 e. The Morgan fingerprint density at radius 2 is 1.68 bits per heavy atom. The number of carbonyl (C=O) groups is 2. The van der Waals surface area contributed by atoms with Gasteiger partial charge in [-0.1, -0.05) is 41.5 Å². The number of aldehydes is 1. The van der Waals surface area contributed by atoms with Crippen molar-refractivity contribution in [2.45, 2.75) is 33.4 Å². The number of nitrogens with two attached hydrogens (primary N) is 1. The highest BCUT2D eigenvalue weighted by Gasteiger charge is 2.15. The van der Waals surface area contributed by atoms with E-state index in [4.69, 9.17) is 15.5 Å². The van der Waals surface area contributed by atoms with Crippen molar-refractivity contribution in [1.29, 1.82) is 0 Å². The number of nitrogens with one attached hydrogen (secondary N) is 2. The van der Waals surface area contributed by atoms with Crippen LogP contribution in [0.5, 0.6) is 5.75 Å². The average molecular weight is 509 g/mol. The van der Waals surface area contributed by atoms with Crippen LogP contribution in [0.3, 0.4) is 0 Å². The van der Waals surface area contributed by atoms with E-state index < -0.39 is 6.04 Å². The molecule has 0 aliphatic rings. The Morgan fingerprint density at radius 1 is 0.974 bits per heavy atom. The monoisotopic (exact) mass is 508 g/mol. The largest absolute Gasteiger partial charge is 0.497 e. The van der Waals surface area contributed by atoms with Crippen molar-refractivity contribution < 1.29 is 14.3 Å². The van der Waals surface area contributed by atoms with Crippen molar-refractivity contribution in [1.82, 2.24) is 4.98 Å².